The molecule has 1 saturated heterocycles. The second-order valence-electron chi connectivity index (χ2n) is 5.22. The van der Waals surface area contributed by atoms with Gasteiger partial charge in [0, 0.05) is 20.2 Å². The molecule has 94 valence electrons. The largest absolute Gasteiger partial charge is 0.383 e. The van der Waals surface area contributed by atoms with E-state index in [1.165, 1.54) is 44.9 Å². The van der Waals surface area contributed by atoms with Gasteiger partial charge in [0.05, 0.1) is 18.3 Å². The molecule has 3 nitrogen and oxygen atoms in total. The summed E-state index contributed by atoms with van der Waals surface area (Å²) in [5.41, 5.74) is 0.270. The van der Waals surface area contributed by atoms with Crippen molar-refractivity contribution < 1.29 is 9.47 Å². The van der Waals surface area contributed by atoms with Crippen LogP contribution in [0, 0.1) is 0 Å². The summed E-state index contributed by atoms with van der Waals surface area (Å²) in [6.07, 6.45) is 9.68. The molecule has 0 aromatic rings. The Hall–Kier alpha value is -0.120. The second-order valence-corrected chi connectivity index (χ2v) is 5.22. The van der Waals surface area contributed by atoms with Gasteiger partial charge in [0.15, 0.2) is 0 Å². The number of hydrogen-bond donors (Lipinski definition) is 1. The van der Waals surface area contributed by atoms with Crippen molar-refractivity contribution in [2.75, 3.05) is 26.8 Å². The van der Waals surface area contributed by atoms with E-state index < -0.39 is 0 Å². The smallest absolute Gasteiger partial charge is 0.0708 e. The van der Waals surface area contributed by atoms with Crippen LogP contribution in [-0.2, 0) is 9.47 Å². The van der Waals surface area contributed by atoms with Crippen molar-refractivity contribution in [1.82, 2.24) is 5.32 Å². The van der Waals surface area contributed by atoms with Gasteiger partial charge in [0.1, 0.15) is 0 Å². The zero-order valence-corrected chi connectivity index (χ0v) is 10.5. The molecule has 1 aliphatic carbocycles. The molecule has 0 radical (unpaired) electrons. The Morgan fingerprint density at radius 2 is 2.06 bits per heavy atom. The number of methoxy groups -OCH3 is 1. The van der Waals surface area contributed by atoms with Gasteiger partial charge in [0.2, 0.25) is 0 Å². The quantitative estimate of drug-likeness (QED) is 0.730. The summed E-state index contributed by atoms with van der Waals surface area (Å²) >= 11 is 0. The first kappa shape index (κ1) is 12.3. The molecule has 0 bridgehead atoms. The van der Waals surface area contributed by atoms with Crippen LogP contribution >= 0.6 is 0 Å². The van der Waals surface area contributed by atoms with E-state index in [9.17, 15) is 0 Å². The molecule has 1 N–H and O–H groups in total. The first-order chi connectivity index (χ1) is 7.85. The Kier molecular flexibility index (Phi) is 4.62. The Morgan fingerprint density at radius 1 is 1.25 bits per heavy atom. The molecule has 0 aromatic heterocycles. The van der Waals surface area contributed by atoms with Gasteiger partial charge in [-0.05, 0) is 25.7 Å². The van der Waals surface area contributed by atoms with Gasteiger partial charge >= 0.3 is 0 Å². The van der Waals surface area contributed by atoms with E-state index >= 15 is 0 Å². The van der Waals surface area contributed by atoms with Crippen LogP contribution in [0.15, 0.2) is 0 Å². The fourth-order valence-electron chi connectivity index (χ4n) is 3.04. The molecule has 1 heterocycles. The molecule has 2 fully saturated rings. The first-order valence-corrected chi connectivity index (χ1v) is 6.72. The SMILES string of the molecule is COCCNCC1CCC2(CCCCC2)O1. The molecule has 1 unspecified atom stereocenters. The Labute approximate surface area is 98.9 Å². The Balaban J connectivity index is 1.66. The van der Waals surface area contributed by atoms with E-state index in [4.69, 9.17) is 9.47 Å². The summed E-state index contributed by atoms with van der Waals surface area (Å²) < 4.78 is 11.3. The van der Waals surface area contributed by atoms with Crippen LogP contribution in [0.5, 0.6) is 0 Å². The van der Waals surface area contributed by atoms with E-state index in [0.717, 1.165) is 19.7 Å². The van der Waals surface area contributed by atoms with E-state index in [0.29, 0.717) is 6.10 Å². The van der Waals surface area contributed by atoms with Gasteiger partial charge in [-0.25, -0.2) is 0 Å². The van der Waals surface area contributed by atoms with Crippen LogP contribution in [0.25, 0.3) is 0 Å². The topological polar surface area (TPSA) is 30.5 Å². The lowest BCUT2D eigenvalue weighted by Crippen LogP contribution is -2.35. The van der Waals surface area contributed by atoms with E-state index in [-0.39, 0.29) is 5.60 Å². The van der Waals surface area contributed by atoms with Gasteiger partial charge in [-0.15, -0.1) is 0 Å². The molecular weight excluding hydrogens is 202 g/mol. The summed E-state index contributed by atoms with van der Waals surface area (Å²) in [5.74, 6) is 0. The molecular formula is C13H25NO2. The van der Waals surface area contributed by atoms with Crippen LogP contribution in [0.1, 0.15) is 44.9 Å². The average molecular weight is 227 g/mol. The molecule has 1 aliphatic heterocycles. The first-order valence-electron chi connectivity index (χ1n) is 6.72. The molecule has 16 heavy (non-hydrogen) atoms. The summed E-state index contributed by atoms with van der Waals surface area (Å²) in [6.45, 7) is 2.71. The third-order valence-electron chi connectivity index (χ3n) is 3.96. The lowest BCUT2D eigenvalue weighted by atomic mass is 9.83. The maximum absolute atomic E-state index is 6.27. The fourth-order valence-corrected chi connectivity index (χ4v) is 3.04. The molecule has 1 spiro atoms. The molecule has 2 rings (SSSR count). The van der Waals surface area contributed by atoms with E-state index in [1.54, 1.807) is 7.11 Å². The molecule has 0 aromatic carbocycles. The normalized spacial score (nSPS) is 28.7. The van der Waals surface area contributed by atoms with Crippen molar-refractivity contribution in [3.63, 3.8) is 0 Å². The minimum absolute atomic E-state index is 0.270. The van der Waals surface area contributed by atoms with Crippen LogP contribution in [0.4, 0.5) is 0 Å². The minimum Gasteiger partial charge on any atom is -0.383 e. The monoisotopic (exact) mass is 227 g/mol. The predicted molar refractivity (Wildman–Crippen MR) is 64.7 cm³/mol. The number of ether oxygens (including phenoxy) is 2. The Bertz CT molecular complexity index is 202. The third-order valence-corrected chi connectivity index (χ3v) is 3.96. The lowest BCUT2D eigenvalue weighted by molar-refractivity contribution is -0.0624. The summed E-state index contributed by atoms with van der Waals surface area (Å²) in [7, 11) is 1.74. The van der Waals surface area contributed by atoms with Crippen LogP contribution in [-0.4, -0.2) is 38.5 Å². The summed E-state index contributed by atoms with van der Waals surface area (Å²) in [6, 6.07) is 0. The second kappa shape index (κ2) is 5.99. The standard InChI is InChI=1S/C13H25NO2/c1-15-10-9-14-11-12-5-8-13(16-12)6-3-2-4-7-13/h12,14H,2-11H2,1H3. The fraction of sp³-hybridized carbons (Fsp3) is 1.00. The van der Waals surface area contributed by atoms with Crippen molar-refractivity contribution in [3.05, 3.63) is 0 Å². The minimum atomic E-state index is 0.270. The Morgan fingerprint density at radius 3 is 2.81 bits per heavy atom. The predicted octanol–water partition coefficient (Wildman–Crippen LogP) is 2.10. The summed E-state index contributed by atoms with van der Waals surface area (Å²) in [5, 5.41) is 3.40. The van der Waals surface area contributed by atoms with Crippen LogP contribution < -0.4 is 5.32 Å². The van der Waals surface area contributed by atoms with Gasteiger partial charge in [-0.2, -0.15) is 0 Å². The zero-order chi connectivity index (χ0) is 11.3. The van der Waals surface area contributed by atoms with E-state index in [1.807, 2.05) is 0 Å². The van der Waals surface area contributed by atoms with Crippen molar-refractivity contribution in [1.29, 1.82) is 0 Å². The van der Waals surface area contributed by atoms with Gasteiger partial charge in [0.25, 0.3) is 0 Å². The zero-order valence-electron chi connectivity index (χ0n) is 10.5. The van der Waals surface area contributed by atoms with Crippen molar-refractivity contribution in [2.24, 2.45) is 0 Å². The molecule has 0 amide bonds. The molecule has 3 heteroatoms. The van der Waals surface area contributed by atoms with Crippen molar-refractivity contribution >= 4 is 0 Å². The van der Waals surface area contributed by atoms with Crippen LogP contribution in [0.3, 0.4) is 0 Å². The molecule has 1 saturated carbocycles. The molecule has 2 aliphatic rings. The van der Waals surface area contributed by atoms with Gasteiger partial charge in [-0.1, -0.05) is 19.3 Å². The average Bonchev–Trinajstić information content (AvgIpc) is 2.69. The summed E-state index contributed by atoms with van der Waals surface area (Å²) in [4.78, 5) is 0. The molecule has 1 atom stereocenters. The number of nitrogens with one attached hydrogen (secondary N) is 1. The third kappa shape index (κ3) is 3.19. The lowest BCUT2D eigenvalue weighted by Gasteiger charge is -2.33. The maximum Gasteiger partial charge on any atom is 0.0708 e. The van der Waals surface area contributed by atoms with Gasteiger partial charge < -0.3 is 14.8 Å². The maximum atomic E-state index is 6.27. The van der Waals surface area contributed by atoms with Crippen LogP contribution in [0.2, 0.25) is 0 Å². The van der Waals surface area contributed by atoms with Crippen molar-refractivity contribution in [3.8, 4) is 0 Å². The van der Waals surface area contributed by atoms with E-state index in [2.05, 4.69) is 5.32 Å². The van der Waals surface area contributed by atoms with Gasteiger partial charge in [-0.3, -0.25) is 0 Å². The highest BCUT2D eigenvalue weighted by atomic mass is 16.5. The highest BCUT2D eigenvalue weighted by Gasteiger charge is 2.40. The number of hydrogen-bond acceptors (Lipinski definition) is 3. The number of rotatable bonds is 5. The van der Waals surface area contributed by atoms with Crippen molar-refractivity contribution in [2.45, 2.75) is 56.7 Å². The highest BCUT2D eigenvalue weighted by molar-refractivity contribution is 4.91. The highest BCUT2D eigenvalue weighted by Crippen LogP contribution is 2.41.